The van der Waals surface area contributed by atoms with Crippen LogP contribution in [-0.4, -0.2) is 18.4 Å². The maximum atomic E-state index is 12.1. The molecule has 0 unspecified atom stereocenters. The number of benzene rings is 1. The highest BCUT2D eigenvalue weighted by atomic mass is 35.5. The highest BCUT2D eigenvalue weighted by Gasteiger charge is 2.19. The Hall–Kier alpha value is -2.05. The third kappa shape index (κ3) is 4.03. The van der Waals surface area contributed by atoms with Crippen molar-refractivity contribution in [3.8, 4) is 5.75 Å². The number of carbonyl (C=O) groups is 2. The van der Waals surface area contributed by atoms with Crippen LogP contribution < -0.4 is 15.8 Å². The van der Waals surface area contributed by atoms with Crippen molar-refractivity contribution < 1.29 is 14.3 Å². The van der Waals surface area contributed by atoms with E-state index in [2.05, 4.69) is 5.32 Å². The zero-order chi connectivity index (χ0) is 17.1. The fourth-order valence-electron chi connectivity index (χ4n) is 2.09. The van der Waals surface area contributed by atoms with Gasteiger partial charge < -0.3 is 15.8 Å². The van der Waals surface area contributed by atoms with E-state index >= 15 is 0 Å². The van der Waals surface area contributed by atoms with Crippen LogP contribution in [0.1, 0.15) is 26.4 Å². The number of halogens is 1. The molecule has 2 aromatic rings. The van der Waals surface area contributed by atoms with Crippen LogP contribution in [0.25, 0.3) is 0 Å². The smallest absolute Gasteiger partial charge is 0.262 e. The molecule has 0 spiro atoms. The number of nitrogens with one attached hydrogen (secondary N) is 1. The molecule has 122 valence electrons. The van der Waals surface area contributed by atoms with Crippen LogP contribution in [0.3, 0.4) is 0 Å². The van der Waals surface area contributed by atoms with Gasteiger partial charge in [0.2, 0.25) is 0 Å². The number of anilines is 1. The Kier molecular flexibility index (Phi) is 5.28. The maximum absolute atomic E-state index is 12.1. The summed E-state index contributed by atoms with van der Waals surface area (Å²) in [6.45, 7) is 5.35. The summed E-state index contributed by atoms with van der Waals surface area (Å²) in [7, 11) is 0. The Morgan fingerprint density at radius 3 is 2.61 bits per heavy atom. The molecule has 0 radical (unpaired) electrons. The monoisotopic (exact) mass is 352 g/mol. The number of ether oxygens (including phenoxy) is 1. The molecule has 1 heterocycles. The first-order chi connectivity index (χ1) is 10.8. The summed E-state index contributed by atoms with van der Waals surface area (Å²) in [4.78, 5) is 24.5. The van der Waals surface area contributed by atoms with Crippen LogP contribution in [-0.2, 0) is 4.79 Å². The van der Waals surface area contributed by atoms with Crippen molar-refractivity contribution in [3.63, 3.8) is 0 Å². The molecule has 0 atom stereocenters. The number of amides is 2. The lowest BCUT2D eigenvalue weighted by molar-refractivity contribution is -0.118. The van der Waals surface area contributed by atoms with E-state index in [0.717, 1.165) is 16.0 Å². The van der Waals surface area contributed by atoms with Gasteiger partial charge in [-0.25, -0.2) is 0 Å². The molecule has 3 N–H and O–H groups in total. The standard InChI is InChI=1S/C16H17ClN2O3S/c1-8-6-11(17)4-5-12(8)22-7-13(20)19-16-14(15(18)21)9(2)10(3)23-16/h4-6H,7H2,1-3H3,(H2,18,21)(H,19,20). The predicted molar refractivity (Wildman–Crippen MR) is 92.6 cm³/mol. The van der Waals surface area contributed by atoms with E-state index in [1.165, 1.54) is 11.3 Å². The van der Waals surface area contributed by atoms with Crippen molar-refractivity contribution in [1.82, 2.24) is 0 Å². The first-order valence-corrected chi connectivity index (χ1v) is 8.07. The van der Waals surface area contributed by atoms with E-state index in [-0.39, 0.29) is 12.5 Å². The van der Waals surface area contributed by atoms with Crippen molar-refractivity contribution in [2.45, 2.75) is 20.8 Å². The topological polar surface area (TPSA) is 81.4 Å². The summed E-state index contributed by atoms with van der Waals surface area (Å²) in [5.41, 5.74) is 7.35. The van der Waals surface area contributed by atoms with Gasteiger partial charge in [-0.1, -0.05) is 11.6 Å². The predicted octanol–water partition coefficient (Wildman–Crippen LogP) is 3.44. The molecule has 2 amide bonds. The molecule has 0 fully saturated rings. The fourth-order valence-corrected chi connectivity index (χ4v) is 3.40. The first kappa shape index (κ1) is 17.3. The normalized spacial score (nSPS) is 10.4. The summed E-state index contributed by atoms with van der Waals surface area (Å²) < 4.78 is 5.48. The van der Waals surface area contributed by atoms with Gasteiger partial charge in [0.1, 0.15) is 10.8 Å². The van der Waals surface area contributed by atoms with E-state index in [9.17, 15) is 9.59 Å². The van der Waals surface area contributed by atoms with E-state index in [4.69, 9.17) is 22.1 Å². The van der Waals surface area contributed by atoms with Crippen molar-refractivity contribution in [2.24, 2.45) is 5.73 Å². The molecule has 0 aliphatic carbocycles. The van der Waals surface area contributed by atoms with Gasteiger partial charge in [-0.05, 0) is 50.1 Å². The van der Waals surface area contributed by atoms with Crippen molar-refractivity contribution in [3.05, 3.63) is 44.8 Å². The molecule has 0 saturated heterocycles. The summed E-state index contributed by atoms with van der Waals surface area (Å²) in [6.07, 6.45) is 0. The summed E-state index contributed by atoms with van der Waals surface area (Å²) >= 11 is 7.19. The van der Waals surface area contributed by atoms with E-state index in [1.807, 2.05) is 13.8 Å². The number of aryl methyl sites for hydroxylation is 2. The highest BCUT2D eigenvalue weighted by molar-refractivity contribution is 7.16. The second-order valence-electron chi connectivity index (χ2n) is 5.10. The third-order valence-corrected chi connectivity index (χ3v) is 4.74. The lowest BCUT2D eigenvalue weighted by Gasteiger charge is -2.09. The van der Waals surface area contributed by atoms with E-state index < -0.39 is 5.91 Å². The average Bonchev–Trinajstić information content (AvgIpc) is 2.72. The number of hydrogen-bond acceptors (Lipinski definition) is 4. The molecule has 2 rings (SSSR count). The summed E-state index contributed by atoms with van der Waals surface area (Å²) in [5.74, 6) is -0.335. The minimum Gasteiger partial charge on any atom is -0.483 e. The fraction of sp³-hybridized carbons (Fsp3) is 0.250. The Morgan fingerprint density at radius 1 is 1.30 bits per heavy atom. The summed E-state index contributed by atoms with van der Waals surface area (Å²) in [5, 5.41) is 3.74. The molecular formula is C16H17ClN2O3S. The Labute approximate surface area is 143 Å². The molecule has 0 aliphatic heterocycles. The lowest BCUT2D eigenvalue weighted by Crippen LogP contribution is -2.22. The molecule has 1 aromatic heterocycles. The second kappa shape index (κ2) is 7.02. The van der Waals surface area contributed by atoms with Crippen LogP contribution in [0, 0.1) is 20.8 Å². The number of thiophene rings is 1. The maximum Gasteiger partial charge on any atom is 0.262 e. The number of nitrogens with two attached hydrogens (primary N) is 1. The minimum absolute atomic E-state index is 0.170. The molecule has 7 heteroatoms. The first-order valence-electron chi connectivity index (χ1n) is 6.88. The molecule has 0 saturated carbocycles. The van der Waals surface area contributed by atoms with Crippen LogP contribution in [0.2, 0.25) is 5.02 Å². The van der Waals surface area contributed by atoms with Gasteiger partial charge in [-0.3, -0.25) is 9.59 Å². The zero-order valence-corrected chi connectivity index (χ0v) is 14.6. The molecule has 1 aromatic carbocycles. The lowest BCUT2D eigenvalue weighted by atomic mass is 10.1. The van der Waals surface area contributed by atoms with E-state index in [0.29, 0.717) is 21.3 Å². The number of carbonyl (C=O) groups excluding carboxylic acids is 2. The average molecular weight is 353 g/mol. The second-order valence-corrected chi connectivity index (χ2v) is 6.76. The van der Waals surface area contributed by atoms with Gasteiger partial charge in [0.05, 0.1) is 5.56 Å². The third-order valence-electron chi connectivity index (χ3n) is 3.38. The quantitative estimate of drug-likeness (QED) is 0.864. The molecular weight excluding hydrogens is 336 g/mol. The van der Waals surface area contributed by atoms with Crippen molar-refractivity contribution in [2.75, 3.05) is 11.9 Å². The van der Waals surface area contributed by atoms with Gasteiger partial charge in [0.15, 0.2) is 6.61 Å². The largest absolute Gasteiger partial charge is 0.483 e. The van der Waals surface area contributed by atoms with Gasteiger partial charge in [0.25, 0.3) is 11.8 Å². The van der Waals surface area contributed by atoms with Crippen LogP contribution in [0.4, 0.5) is 5.00 Å². The van der Waals surface area contributed by atoms with Crippen LogP contribution in [0.15, 0.2) is 18.2 Å². The zero-order valence-electron chi connectivity index (χ0n) is 13.0. The molecule has 5 nitrogen and oxygen atoms in total. The van der Waals surface area contributed by atoms with Crippen molar-refractivity contribution >= 4 is 39.8 Å². The van der Waals surface area contributed by atoms with Gasteiger partial charge in [-0.15, -0.1) is 11.3 Å². The molecule has 23 heavy (non-hydrogen) atoms. The number of rotatable bonds is 5. The minimum atomic E-state index is -0.559. The SMILES string of the molecule is Cc1cc(Cl)ccc1OCC(=O)Nc1sc(C)c(C)c1C(N)=O. The Balaban J connectivity index is 2.06. The van der Waals surface area contributed by atoms with E-state index in [1.54, 1.807) is 25.1 Å². The van der Waals surface area contributed by atoms with Crippen molar-refractivity contribution in [1.29, 1.82) is 0 Å². The Bertz CT molecular complexity index is 771. The Morgan fingerprint density at radius 2 is 2.00 bits per heavy atom. The van der Waals surface area contributed by atoms with Gasteiger partial charge in [0, 0.05) is 9.90 Å². The van der Waals surface area contributed by atoms with Gasteiger partial charge in [-0.2, -0.15) is 0 Å². The van der Waals surface area contributed by atoms with Gasteiger partial charge >= 0.3 is 0 Å². The summed E-state index contributed by atoms with van der Waals surface area (Å²) in [6, 6.07) is 5.16. The van der Waals surface area contributed by atoms with Crippen LogP contribution >= 0.6 is 22.9 Å². The number of primary amides is 1. The molecule has 0 bridgehead atoms. The highest BCUT2D eigenvalue weighted by Crippen LogP contribution is 2.32. The molecule has 0 aliphatic rings. The van der Waals surface area contributed by atoms with Crippen LogP contribution in [0.5, 0.6) is 5.75 Å². The number of hydrogen-bond donors (Lipinski definition) is 2.